The second-order valence-electron chi connectivity index (χ2n) is 4.62. The summed E-state index contributed by atoms with van der Waals surface area (Å²) in [5, 5.41) is 11.7. The lowest BCUT2D eigenvalue weighted by atomic mass is 10.1. The van der Waals surface area contributed by atoms with Crippen LogP contribution in [-0.2, 0) is 4.79 Å². The minimum absolute atomic E-state index is 0.161. The zero-order valence-electron chi connectivity index (χ0n) is 11.5. The van der Waals surface area contributed by atoms with Crippen molar-refractivity contribution in [2.24, 2.45) is 0 Å². The van der Waals surface area contributed by atoms with Gasteiger partial charge in [0.1, 0.15) is 12.6 Å². The summed E-state index contributed by atoms with van der Waals surface area (Å²) >= 11 is 6.08. The van der Waals surface area contributed by atoms with Crippen LogP contribution in [0.25, 0.3) is 0 Å². The van der Waals surface area contributed by atoms with Gasteiger partial charge < -0.3 is 15.3 Å². The summed E-state index contributed by atoms with van der Waals surface area (Å²) < 4.78 is 0. The molecule has 1 aliphatic rings. The van der Waals surface area contributed by atoms with E-state index in [1.807, 2.05) is 0 Å². The molecule has 5 nitrogen and oxygen atoms in total. The highest BCUT2D eigenvalue weighted by Gasteiger charge is 2.29. The van der Waals surface area contributed by atoms with Gasteiger partial charge in [-0.25, -0.2) is 0 Å². The summed E-state index contributed by atoms with van der Waals surface area (Å²) in [6, 6.07) is 4.28. The molecule has 1 aromatic carbocycles. The van der Waals surface area contributed by atoms with Crippen molar-refractivity contribution in [3.05, 3.63) is 34.3 Å². The molecule has 2 N–H and O–H groups in total. The summed E-state index contributed by atoms with van der Waals surface area (Å²) in [5.74, 6) is 4.81. The first kappa shape index (κ1) is 15.4. The Morgan fingerprint density at radius 1 is 1.57 bits per heavy atom. The van der Waals surface area contributed by atoms with E-state index in [9.17, 15) is 9.59 Å². The van der Waals surface area contributed by atoms with Crippen LogP contribution in [-0.4, -0.2) is 47.6 Å². The Morgan fingerprint density at radius 2 is 2.33 bits per heavy atom. The van der Waals surface area contributed by atoms with Gasteiger partial charge in [0.2, 0.25) is 5.91 Å². The van der Waals surface area contributed by atoms with Crippen LogP contribution in [0.5, 0.6) is 0 Å². The highest BCUT2D eigenvalue weighted by atomic mass is 35.5. The molecule has 1 atom stereocenters. The van der Waals surface area contributed by atoms with Crippen LogP contribution in [0, 0.1) is 11.8 Å². The second-order valence-corrected chi connectivity index (χ2v) is 5.03. The number of aliphatic hydroxyl groups is 1. The first-order valence-corrected chi connectivity index (χ1v) is 6.90. The van der Waals surface area contributed by atoms with Crippen molar-refractivity contribution in [3.8, 4) is 11.8 Å². The largest absolute Gasteiger partial charge is 0.384 e. The number of halogens is 1. The first-order valence-electron chi connectivity index (χ1n) is 6.52. The molecule has 1 unspecified atom stereocenters. The van der Waals surface area contributed by atoms with Crippen LogP contribution in [0.3, 0.4) is 0 Å². The Balaban J connectivity index is 2.23. The van der Waals surface area contributed by atoms with Gasteiger partial charge in [0, 0.05) is 24.2 Å². The van der Waals surface area contributed by atoms with E-state index in [1.165, 1.54) is 11.0 Å². The van der Waals surface area contributed by atoms with E-state index < -0.39 is 6.04 Å². The average Bonchev–Trinajstić information content (AvgIpc) is 2.48. The Morgan fingerprint density at radius 3 is 3.00 bits per heavy atom. The van der Waals surface area contributed by atoms with Gasteiger partial charge in [-0.1, -0.05) is 23.4 Å². The molecule has 1 heterocycles. The molecule has 2 rings (SSSR count). The maximum absolute atomic E-state index is 12.4. The number of nitrogens with one attached hydrogen (secondary N) is 1. The molecule has 1 aromatic rings. The van der Waals surface area contributed by atoms with Crippen molar-refractivity contribution >= 4 is 23.4 Å². The van der Waals surface area contributed by atoms with Gasteiger partial charge in [-0.05, 0) is 25.1 Å². The second kappa shape index (κ2) is 6.61. The summed E-state index contributed by atoms with van der Waals surface area (Å²) in [5.41, 5.74) is 0.961. The predicted molar refractivity (Wildman–Crippen MR) is 78.9 cm³/mol. The van der Waals surface area contributed by atoms with E-state index in [0.717, 1.165) is 0 Å². The molecule has 2 amide bonds. The van der Waals surface area contributed by atoms with Gasteiger partial charge in [0.25, 0.3) is 5.91 Å². The van der Waals surface area contributed by atoms with E-state index >= 15 is 0 Å². The molecular weight excluding hydrogens is 292 g/mol. The number of nitrogens with zero attached hydrogens (tertiary/aromatic N) is 1. The highest BCUT2D eigenvalue weighted by molar-refractivity contribution is 6.32. The number of hydrogen-bond donors (Lipinski definition) is 2. The minimum atomic E-state index is -0.501. The number of carbonyl (C=O) groups excluding carboxylic acids is 2. The van der Waals surface area contributed by atoms with Crippen LogP contribution in [0.1, 0.15) is 22.8 Å². The maximum atomic E-state index is 12.4. The number of piperazine rings is 1. The SMILES string of the molecule is CC1C(=O)NCCN1C(=O)c1ccc(C#CCO)c(Cl)c1. The summed E-state index contributed by atoms with van der Waals surface area (Å²) in [6.07, 6.45) is 0. The zero-order valence-corrected chi connectivity index (χ0v) is 12.3. The van der Waals surface area contributed by atoms with E-state index in [4.69, 9.17) is 16.7 Å². The van der Waals surface area contributed by atoms with Gasteiger partial charge in [-0.3, -0.25) is 9.59 Å². The van der Waals surface area contributed by atoms with E-state index in [0.29, 0.717) is 29.2 Å². The fourth-order valence-electron chi connectivity index (χ4n) is 2.11. The Bertz CT molecular complexity index is 634. The van der Waals surface area contributed by atoms with Gasteiger partial charge in [0.05, 0.1) is 5.02 Å². The molecule has 1 fully saturated rings. The van der Waals surface area contributed by atoms with Gasteiger partial charge in [-0.2, -0.15) is 0 Å². The first-order chi connectivity index (χ1) is 10.0. The van der Waals surface area contributed by atoms with Crippen LogP contribution in [0.15, 0.2) is 18.2 Å². The minimum Gasteiger partial charge on any atom is -0.384 e. The number of hydrogen-bond acceptors (Lipinski definition) is 3. The number of rotatable bonds is 1. The lowest BCUT2D eigenvalue weighted by Gasteiger charge is -2.32. The van der Waals surface area contributed by atoms with E-state index in [1.54, 1.807) is 19.1 Å². The van der Waals surface area contributed by atoms with Crippen molar-refractivity contribution in [2.45, 2.75) is 13.0 Å². The molecular formula is C15H15ClN2O3. The third-order valence-corrected chi connectivity index (χ3v) is 3.59. The van der Waals surface area contributed by atoms with Crippen molar-refractivity contribution in [1.82, 2.24) is 10.2 Å². The Kier molecular flexibility index (Phi) is 4.84. The normalized spacial score (nSPS) is 17.8. The van der Waals surface area contributed by atoms with Crippen molar-refractivity contribution in [3.63, 3.8) is 0 Å². The van der Waals surface area contributed by atoms with Gasteiger partial charge in [-0.15, -0.1) is 0 Å². The predicted octanol–water partition coefficient (Wildman–Crippen LogP) is 0.644. The van der Waals surface area contributed by atoms with E-state index in [2.05, 4.69) is 17.2 Å². The van der Waals surface area contributed by atoms with Crippen molar-refractivity contribution < 1.29 is 14.7 Å². The summed E-state index contributed by atoms with van der Waals surface area (Å²) in [4.78, 5) is 25.6. The molecule has 0 aliphatic carbocycles. The average molecular weight is 307 g/mol. The maximum Gasteiger partial charge on any atom is 0.254 e. The lowest BCUT2D eigenvalue weighted by molar-refractivity contribution is -0.127. The Hall–Kier alpha value is -2.03. The molecule has 0 radical (unpaired) electrons. The molecule has 0 bridgehead atoms. The third-order valence-electron chi connectivity index (χ3n) is 3.28. The van der Waals surface area contributed by atoms with Crippen LogP contribution in [0.2, 0.25) is 5.02 Å². The third kappa shape index (κ3) is 3.35. The number of aliphatic hydroxyl groups excluding tert-OH is 1. The molecule has 21 heavy (non-hydrogen) atoms. The van der Waals surface area contributed by atoms with E-state index in [-0.39, 0.29) is 18.4 Å². The summed E-state index contributed by atoms with van der Waals surface area (Å²) in [6.45, 7) is 2.35. The fourth-order valence-corrected chi connectivity index (χ4v) is 2.34. The lowest BCUT2D eigenvalue weighted by Crippen LogP contribution is -2.55. The topological polar surface area (TPSA) is 69.6 Å². The fraction of sp³-hybridized carbons (Fsp3) is 0.333. The quantitative estimate of drug-likeness (QED) is 0.748. The summed E-state index contributed by atoms with van der Waals surface area (Å²) in [7, 11) is 0. The van der Waals surface area contributed by atoms with Crippen LogP contribution >= 0.6 is 11.6 Å². The molecule has 0 saturated carbocycles. The smallest absolute Gasteiger partial charge is 0.254 e. The van der Waals surface area contributed by atoms with Gasteiger partial charge >= 0.3 is 0 Å². The molecule has 6 heteroatoms. The molecule has 110 valence electrons. The standard InChI is InChI=1S/C15H15ClN2O3/c1-10-14(20)17-6-7-18(10)15(21)12-5-4-11(3-2-8-19)13(16)9-12/h4-5,9-10,19H,6-8H2,1H3,(H,17,20). The Labute approximate surface area is 127 Å². The van der Waals surface area contributed by atoms with Crippen LogP contribution < -0.4 is 5.32 Å². The van der Waals surface area contributed by atoms with Crippen molar-refractivity contribution in [1.29, 1.82) is 0 Å². The molecule has 1 aliphatic heterocycles. The molecule has 0 aromatic heterocycles. The number of amides is 2. The monoisotopic (exact) mass is 306 g/mol. The van der Waals surface area contributed by atoms with Gasteiger partial charge in [0.15, 0.2) is 0 Å². The zero-order chi connectivity index (χ0) is 15.4. The highest BCUT2D eigenvalue weighted by Crippen LogP contribution is 2.19. The number of benzene rings is 1. The van der Waals surface area contributed by atoms with Crippen molar-refractivity contribution in [2.75, 3.05) is 19.7 Å². The molecule has 0 spiro atoms. The van der Waals surface area contributed by atoms with Crippen LogP contribution in [0.4, 0.5) is 0 Å². The number of carbonyl (C=O) groups is 2. The molecule has 1 saturated heterocycles.